The largest absolute Gasteiger partial charge is 0.320 e. The third kappa shape index (κ3) is 3.69. The Balaban J connectivity index is 1.22. The van der Waals surface area contributed by atoms with Gasteiger partial charge in [-0.1, -0.05) is 24.3 Å². The van der Waals surface area contributed by atoms with Crippen LogP contribution in [0.5, 0.6) is 0 Å². The molecular weight excluding hydrogens is 474 g/mol. The van der Waals surface area contributed by atoms with Gasteiger partial charge in [0.25, 0.3) is 11.7 Å². The van der Waals surface area contributed by atoms with Gasteiger partial charge in [-0.05, 0) is 73.4 Å². The van der Waals surface area contributed by atoms with Crippen molar-refractivity contribution in [2.24, 2.45) is 0 Å². The molecule has 6 aromatic rings. The van der Waals surface area contributed by atoms with Gasteiger partial charge in [0.15, 0.2) is 0 Å². The van der Waals surface area contributed by atoms with Crippen molar-refractivity contribution in [2.45, 2.75) is 25.2 Å². The predicted molar refractivity (Wildman–Crippen MR) is 145 cm³/mol. The van der Waals surface area contributed by atoms with E-state index in [0.29, 0.717) is 11.5 Å². The van der Waals surface area contributed by atoms with E-state index in [1.807, 2.05) is 48.1 Å². The monoisotopic (exact) mass is 497 g/mol. The average molecular weight is 498 g/mol. The van der Waals surface area contributed by atoms with Crippen LogP contribution in [-0.2, 0) is 5.41 Å². The van der Waals surface area contributed by atoms with Crippen molar-refractivity contribution >= 4 is 28.3 Å². The Morgan fingerprint density at radius 3 is 2.58 bits per heavy atom. The SMILES string of the molecule is Cc1cc(-c2cnc3ncc(C4(c5ccc6ncccc6c5)CC4)n3n2)ccc1NC(=O)c1ccccn1. The molecule has 1 N–H and O–H groups in total. The van der Waals surface area contributed by atoms with Crippen LogP contribution < -0.4 is 5.32 Å². The van der Waals surface area contributed by atoms with Crippen LogP contribution in [0.1, 0.15) is 40.2 Å². The fraction of sp³-hybridized carbons (Fsp3) is 0.133. The average Bonchev–Trinajstić information content (AvgIpc) is 3.66. The first kappa shape index (κ1) is 22.2. The summed E-state index contributed by atoms with van der Waals surface area (Å²) in [5.41, 5.74) is 6.81. The number of pyridine rings is 2. The summed E-state index contributed by atoms with van der Waals surface area (Å²) < 4.78 is 1.88. The van der Waals surface area contributed by atoms with Crippen LogP contribution in [0.15, 0.2) is 91.5 Å². The molecule has 8 heteroatoms. The molecule has 7 rings (SSSR count). The van der Waals surface area contributed by atoms with Crippen molar-refractivity contribution in [1.29, 1.82) is 0 Å². The number of imidazole rings is 1. The predicted octanol–water partition coefficient (Wildman–Crippen LogP) is 5.38. The van der Waals surface area contributed by atoms with E-state index in [9.17, 15) is 4.79 Å². The molecule has 0 radical (unpaired) electrons. The highest BCUT2D eigenvalue weighted by Gasteiger charge is 2.48. The van der Waals surface area contributed by atoms with Gasteiger partial charge in [-0.3, -0.25) is 14.8 Å². The summed E-state index contributed by atoms with van der Waals surface area (Å²) in [5, 5.41) is 9.03. The van der Waals surface area contributed by atoms with E-state index in [1.165, 1.54) is 5.56 Å². The molecule has 1 aliphatic rings. The molecule has 0 atom stereocenters. The van der Waals surface area contributed by atoms with Crippen molar-refractivity contribution < 1.29 is 4.79 Å². The van der Waals surface area contributed by atoms with E-state index in [4.69, 9.17) is 5.10 Å². The van der Waals surface area contributed by atoms with Crippen LogP contribution in [0, 0.1) is 6.92 Å². The molecule has 8 nitrogen and oxygen atoms in total. The molecule has 4 aromatic heterocycles. The molecule has 0 bridgehead atoms. The summed E-state index contributed by atoms with van der Waals surface area (Å²) in [7, 11) is 0. The Kier molecular flexibility index (Phi) is 5.00. The number of aryl methyl sites for hydroxylation is 1. The Morgan fingerprint density at radius 1 is 0.895 bits per heavy atom. The van der Waals surface area contributed by atoms with Crippen LogP contribution in [0.2, 0.25) is 0 Å². The Bertz CT molecular complexity index is 1840. The number of hydrogen-bond acceptors (Lipinski definition) is 6. The quantitative estimate of drug-likeness (QED) is 0.344. The van der Waals surface area contributed by atoms with E-state index in [1.54, 1.807) is 30.6 Å². The van der Waals surface area contributed by atoms with Gasteiger partial charge in [0.05, 0.1) is 23.6 Å². The van der Waals surface area contributed by atoms with E-state index < -0.39 is 0 Å². The smallest absolute Gasteiger partial charge is 0.274 e. The minimum Gasteiger partial charge on any atom is -0.320 e. The highest BCUT2D eigenvalue weighted by atomic mass is 16.1. The van der Waals surface area contributed by atoms with Crippen LogP contribution in [-0.4, -0.2) is 35.5 Å². The lowest BCUT2D eigenvalue weighted by Gasteiger charge is -2.16. The molecule has 0 unspecified atom stereocenters. The first-order valence-electron chi connectivity index (χ1n) is 12.5. The minimum absolute atomic E-state index is 0.133. The number of nitrogens with one attached hydrogen (secondary N) is 1. The summed E-state index contributed by atoms with van der Waals surface area (Å²) in [6.07, 6.45) is 9.13. The third-order valence-electron chi connectivity index (χ3n) is 7.29. The fourth-order valence-corrected chi connectivity index (χ4v) is 5.07. The van der Waals surface area contributed by atoms with Crippen molar-refractivity contribution in [3.8, 4) is 11.3 Å². The lowest BCUT2D eigenvalue weighted by Crippen LogP contribution is -2.14. The Morgan fingerprint density at radius 2 is 1.76 bits per heavy atom. The molecule has 1 saturated carbocycles. The number of rotatable bonds is 5. The maximum Gasteiger partial charge on any atom is 0.274 e. The van der Waals surface area contributed by atoms with Crippen LogP contribution in [0.4, 0.5) is 5.69 Å². The summed E-state index contributed by atoms with van der Waals surface area (Å²) in [6.45, 7) is 1.96. The number of aromatic nitrogens is 6. The van der Waals surface area contributed by atoms with Gasteiger partial charge in [0.1, 0.15) is 11.4 Å². The molecule has 184 valence electrons. The zero-order valence-corrected chi connectivity index (χ0v) is 20.7. The van der Waals surface area contributed by atoms with E-state index in [-0.39, 0.29) is 11.3 Å². The summed E-state index contributed by atoms with van der Waals surface area (Å²) in [5.74, 6) is 0.332. The van der Waals surface area contributed by atoms with Gasteiger partial charge in [-0.2, -0.15) is 9.61 Å². The van der Waals surface area contributed by atoms with Gasteiger partial charge >= 0.3 is 0 Å². The second-order valence-corrected chi connectivity index (χ2v) is 9.69. The van der Waals surface area contributed by atoms with Gasteiger partial charge in [-0.15, -0.1) is 0 Å². The second kappa shape index (κ2) is 8.55. The summed E-state index contributed by atoms with van der Waals surface area (Å²) in [6, 6.07) is 21.6. The van der Waals surface area contributed by atoms with Crippen molar-refractivity contribution in [3.63, 3.8) is 0 Å². The highest BCUT2D eigenvalue weighted by molar-refractivity contribution is 6.03. The van der Waals surface area contributed by atoms with Crippen LogP contribution in [0.25, 0.3) is 27.9 Å². The lowest BCUT2D eigenvalue weighted by molar-refractivity contribution is 0.102. The minimum atomic E-state index is -0.245. The highest BCUT2D eigenvalue weighted by Crippen LogP contribution is 2.53. The van der Waals surface area contributed by atoms with Gasteiger partial charge < -0.3 is 5.32 Å². The van der Waals surface area contributed by atoms with E-state index >= 15 is 0 Å². The lowest BCUT2D eigenvalue weighted by atomic mass is 9.91. The maximum atomic E-state index is 12.6. The zero-order valence-electron chi connectivity index (χ0n) is 20.7. The molecule has 4 heterocycles. The molecule has 0 saturated heterocycles. The molecule has 2 aromatic carbocycles. The van der Waals surface area contributed by atoms with Crippen molar-refractivity contribution in [2.75, 3.05) is 5.32 Å². The normalized spacial score (nSPS) is 14.0. The number of fused-ring (bicyclic) bond motifs is 2. The molecule has 38 heavy (non-hydrogen) atoms. The second-order valence-electron chi connectivity index (χ2n) is 9.69. The maximum absolute atomic E-state index is 12.6. The first-order chi connectivity index (χ1) is 18.6. The van der Waals surface area contributed by atoms with Crippen LogP contribution >= 0.6 is 0 Å². The number of anilines is 1. The van der Waals surface area contributed by atoms with Crippen molar-refractivity contribution in [1.82, 2.24) is 29.5 Å². The number of amides is 1. The molecule has 0 aliphatic heterocycles. The van der Waals surface area contributed by atoms with Crippen LogP contribution in [0.3, 0.4) is 0 Å². The standard InChI is InChI=1S/C30H23N7O/c1-19-15-21(7-9-23(19)35-28(38)25-6-2-3-13-32-25)26-17-33-29-34-18-27(37(29)36-26)30(11-12-30)22-8-10-24-20(16-22)5-4-14-31-24/h2-10,13-18H,11-12H2,1H3,(H,35,38). The Hall–Kier alpha value is -4.98. The number of hydrogen-bond donors (Lipinski definition) is 1. The molecule has 0 spiro atoms. The topological polar surface area (TPSA) is 98.0 Å². The van der Waals surface area contributed by atoms with E-state index in [2.05, 4.69) is 49.5 Å². The summed E-state index contributed by atoms with van der Waals surface area (Å²) >= 11 is 0. The van der Waals surface area contributed by atoms with Gasteiger partial charge in [-0.25, -0.2) is 9.97 Å². The van der Waals surface area contributed by atoms with Gasteiger partial charge in [0.2, 0.25) is 0 Å². The molecule has 1 aliphatic carbocycles. The van der Waals surface area contributed by atoms with Gasteiger partial charge in [0, 0.05) is 34.4 Å². The van der Waals surface area contributed by atoms with Crippen molar-refractivity contribution in [3.05, 3.63) is 114 Å². The molecule has 1 fully saturated rings. The molecule has 1 amide bonds. The fourth-order valence-electron chi connectivity index (χ4n) is 5.07. The molecular formula is C30H23N7O. The first-order valence-corrected chi connectivity index (χ1v) is 12.5. The number of nitrogens with zero attached hydrogens (tertiary/aromatic N) is 6. The van der Waals surface area contributed by atoms with E-state index in [0.717, 1.165) is 51.9 Å². The number of carbonyl (C=O) groups excluding carboxylic acids is 1. The number of benzene rings is 2. The Labute approximate surface area is 218 Å². The number of carbonyl (C=O) groups is 1. The zero-order chi connectivity index (χ0) is 25.7. The third-order valence-corrected chi connectivity index (χ3v) is 7.29. The summed E-state index contributed by atoms with van der Waals surface area (Å²) in [4.78, 5) is 30.3.